The van der Waals surface area contributed by atoms with Crippen molar-refractivity contribution in [1.29, 1.82) is 5.26 Å². The normalized spacial score (nSPS) is 20.0. The van der Waals surface area contributed by atoms with Crippen LogP contribution in [0.1, 0.15) is 12.0 Å². The van der Waals surface area contributed by atoms with Gasteiger partial charge in [0, 0.05) is 22.1 Å². The summed E-state index contributed by atoms with van der Waals surface area (Å²) in [6.45, 7) is 0.506. The molecule has 0 aromatic heterocycles. The van der Waals surface area contributed by atoms with Gasteiger partial charge in [0.25, 0.3) is 0 Å². The zero-order chi connectivity index (χ0) is 14.9. The van der Waals surface area contributed by atoms with E-state index in [4.69, 9.17) is 16.3 Å². The molecule has 0 saturated heterocycles. The van der Waals surface area contributed by atoms with Crippen LogP contribution in [0, 0.1) is 11.3 Å². The Morgan fingerprint density at radius 1 is 1.29 bits per heavy atom. The van der Waals surface area contributed by atoms with Gasteiger partial charge in [-0.25, -0.2) is 0 Å². The molecule has 0 saturated carbocycles. The summed E-state index contributed by atoms with van der Waals surface area (Å²) in [5, 5.41) is 13.7. The molecular formula is C16H12BrClN2O. The minimum absolute atomic E-state index is 0.506. The standard InChI is InChI=1S/C16H12BrClN2O/c17-13-9-11(5-6-14(13)18)20-16(10-19)7-8-21-15-4-2-1-3-12(15)16/h1-6,9,20H,7-8H2. The maximum Gasteiger partial charge on any atom is 0.157 e. The van der Waals surface area contributed by atoms with Crippen molar-refractivity contribution in [3.05, 3.63) is 57.5 Å². The van der Waals surface area contributed by atoms with Crippen LogP contribution < -0.4 is 10.1 Å². The zero-order valence-electron chi connectivity index (χ0n) is 11.1. The van der Waals surface area contributed by atoms with Gasteiger partial charge < -0.3 is 10.1 Å². The largest absolute Gasteiger partial charge is 0.493 e. The number of para-hydroxylation sites is 1. The molecule has 0 spiro atoms. The summed E-state index contributed by atoms with van der Waals surface area (Å²) in [5.41, 5.74) is 0.914. The van der Waals surface area contributed by atoms with Crippen molar-refractivity contribution < 1.29 is 4.74 Å². The van der Waals surface area contributed by atoms with E-state index in [1.54, 1.807) is 6.07 Å². The highest BCUT2D eigenvalue weighted by Gasteiger charge is 2.38. The molecule has 0 bridgehead atoms. The Balaban J connectivity index is 2.02. The van der Waals surface area contributed by atoms with Crippen LogP contribution in [0.5, 0.6) is 5.75 Å². The topological polar surface area (TPSA) is 45.0 Å². The third kappa shape index (κ3) is 2.59. The van der Waals surface area contributed by atoms with Crippen LogP contribution >= 0.6 is 27.5 Å². The lowest BCUT2D eigenvalue weighted by Crippen LogP contribution is -2.38. The lowest BCUT2D eigenvalue weighted by atomic mass is 9.85. The SMILES string of the molecule is N#CC1(Nc2ccc(Cl)c(Br)c2)CCOc2ccccc21. The lowest BCUT2D eigenvalue weighted by molar-refractivity contribution is 0.253. The number of anilines is 1. The monoisotopic (exact) mass is 362 g/mol. The Morgan fingerprint density at radius 3 is 2.86 bits per heavy atom. The number of nitriles is 1. The molecule has 3 nitrogen and oxygen atoms in total. The molecule has 106 valence electrons. The summed E-state index contributed by atoms with van der Waals surface area (Å²) >= 11 is 9.42. The number of rotatable bonds is 2. The van der Waals surface area contributed by atoms with Gasteiger partial charge in [-0.15, -0.1) is 0 Å². The molecule has 5 heteroatoms. The highest BCUT2D eigenvalue weighted by Crippen LogP contribution is 2.39. The lowest BCUT2D eigenvalue weighted by Gasteiger charge is -2.34. The average molecular weight is 364 g/mol. The molecule has 1 atom stereocenters. The van der Waals surface area contributed by atoms with Gasteiger partial charge in [0.2, 0.25) is 0 Å². The van der Waals surface area contributed by atoms with Gasteiger partial charge in [0.05, 0.1) is 17.7 Å². The van der Waals surface area contributed by atoms with E-state index in [9.17, 15) is 5.26 Å². The molecule has 0 aliphatic carbocycles. The van der Waals surface area contributed by atoms with E-state index in [2.05, 4.69) is 27.3 Å². The summed E-state index contributed by atoms with van der Waals surface area (Å²) in [5.74, 6) is 0.755. The number of halogens is 2. The molecule has 0 fully saturated rings. The molecule has 0 amide bonds. The predicted molar refractivity (Wildman–Crippen MR) is 86.6 cm³/mol. The van der Waals surface area contributed by atoms with E-state index < -0.39 is 5.54 Å². The van der Waals surface area contributed by atoms with Gasteiger partial charge in [-0.1, -0.05) is 29.8 Å². The molecule has 1 N–H and O–H groups in total. The summed E-state index contributed by atoms with van der Waals surface area (Å²) in [7, 11) is 0. The van der Waals surface area contributed by atoms with Gasteiger partial charge >= 0.3 is 0 Å². The summed E-state index contributed by atoms with van der Waals surface area (Å²) in [4.78, 5) is 0. The Kier molecular flexibility index (Phi) is 3.79. The Bertz CT molecular complexity index is 728. The second kappa shape index (κ2) is 5.59. The number of ether oxygens (including phenoxy) is 1. The molecule has 3 rings (SSSR count). The van der Waals surface area contributed by atoms with E-state index in [0.717, 1.165) is 21.5 Å². The van der Waals surface area contributed by atoms with E-state index in [1.165, 1.54) is 0 Å². The van der Waals surface area contributed by atoms with Crippen molar-refractivity contribution in [1.82, 2.24) is 0 Å². The highest BCUT2D eigenvalue weighted by molar-refractivity contribution is 9.10. The predicted octanol–water partition coefficient (Wildman–Crippen LogP) is 4.72. The van der Waals surface area contributed by atoms with Crippen LogP contribution in [-0.4, -0.2) is 6.61 Å². The van der Waals surface area contributed by atoms with Crippen molar-refractivity contribution >= 4 is 33.2 Å². The minimum Gasteiger partial charge on any atom is -0.493 e. The Hall–Kier alpha value is -1.70. The molecule has 0 radical (unpaired) electrons. The molecule has 21 heavy (non-hydrogen) atoms. The zero-order valence-corrected chi connectivity index (χ0v) is 13.4. The number of fused-ring (bicyclic) bond motifs is 1. The average Bonchev–Trinajstić information content (AvgIpc) is 2.51. The van der Waals surface area contributed by atoms with Crippen LogP contribution in [0.4, 0.5) is 5.69 Å². The molecule has 1 aliphatic heterocycles. The number of benzene rings is 2. The van der Waals surface area contributed by atoms with Gasteiger partial charge in [-0.05, 0) is 40.2 Å². The van der Waals surface area contributed by atoms with Gasteiger partial charge in [-0.2, -0.15) is 5.26 Å². The number of nitrogens with zero attached hydrogens (tertiary/aromatic N) is 1. The molecule has 1 unspecified atom stereocenters. The van der Waals surface area contributed by atoms with Crippen LogP contribution in [0.15, 0.2) is 46.9 Å². The van der Waals surface area contributed by atoms with Crippen molar-refractivity contribution in [3.63, 3.8) is 0 Å². The summed E-state index contributed by atoms with van der Waals surface area (Å²) < 4.78 is 6.43. The third-order valence-electron chi connectivity index (χ3n) is 3.55. The first-order valence-electron chi connectivity index (χ1n) is 6.51. The van der Waals surface area contributed by atoms with Crippen molar-refractivity contribution in [2.75, 3.05) is 11.9 Å². The second-order valence-electron chi connectivity index (χ2n) is 4.87. The molecule has 1 heterocycles. The Labute approximate surface area is 136 Å². The fraction of sp³-hybridized carbons (Fsp3) is 0.188. The number of nitrogens with one attached hydrogen (secondary N) is 1. The maximum absolute atomic E-state index is 9.77. The molecule has 1 aliphatic rings. The quantitative estimate of drug-likeness (QED) is 0.840. The first-order chi connectivity index (χ1) is 10.1. The minimum atomic E-state index is -0.790. The molecule has 2 aromatic carbocycles. The van der Waals surface area contributed by atoms with Gasteiger partial charge in [0.1, 0.15) is 5.75 Å². The van der Waals surface area contributed by atoms with E-state index in [-0.39, 0.29) is 0 Å². The number of hydrogen-bond donors (Lipinski definition) is 1. The van der Waals surface area contributed by atoms with Gasteiger partial charge in [0.15, 0.2) is 5.54 Å². The third-order valence-corrected chi connectivity index (χ3v) is 4.76. The summed E-state index contributed by atoms with van der Waals surface area (Å²) in [6, 6.07) is 15.6. The Morgan fingerprint density at radius 2 is 2.10 bits per heavy atom. The van der Waals surface area contributed by atoms with E-state index in [0.29, 0.717) is 18.1 Å². The van der Waals surface area contributed by atoms with Crippen LogP contribution in [0.2, 0.25) is 5.02 Å². The molecule has 2 aromatic rings. The fourth-order valence-electron chi connectivity index (χ4n) is 2.49. The van der Waals surface area contributed by atoms with Crippen molar-refractivity contribution in [2.24, 2.45) is 0 Å². The van der Waals surface area contributed by atoms with Crippen molar-refractivity contribution in [3.8, 4) is 11.8 Å². The van der Waals surface area contributed by atoms with Crippen LogP contribution in [0.25, 0.3) is 0 Å². The second-order valence-corrected chi connectivity index (χ2v) is 6.13. The van der Waals surface area contributed by atoms with Crippen LogP contribution in [-0.2, 0) is 5.54 Å². The maximum atomic E-state index is 9.77. The van der Waals surface area contributed by atoms with Gasteiger partial charge in [-0.3, -0.25) is 0 Å². The first-order valence-corrected chi connectivity index (χ1v) is 7.68. The fourth-order valence-corrected chi connectivity index (χ4v) is 2.98. The highest BCUT2D eigenvalue weighted by atomic mass is 79.9. The molecular weight excluding hydrogens is 352 g/mol. The van der Waals surface area contributed by atoms with Crippen molar-refractivity contribution in [2.45, 2.75) is 12.0 Å². The van der Waals surface area contributed by atoms with Crippen LogP contribution in [0.3, 0.4) is 0 Å². The van der Waals surface area contributed by atoms with E-state index >= 15 is 0 Å². The number of hydrogen-bond acceptors (Lipinski definition) is 3. The van der Waals surface area contributed by atoms with E-state index in [1.807, 2.05) is 36.4 Å². The smallest absolute Gasteiger partial charge is 0.157 e. The summed E-state index contributed by atoms with van der Waals surface area (Å²) in [6.07, 6.45) is 0.584. The first kappa shape index (κ1) is 14.2.